The maximum atomic E-state index is 14.2. The quantitative estimate of drug-likeness (QED) is 0.353. The van der Waals surface area contributed by atoms with Crippen LogP contribution in [0.3, 0.4) is 0 Å². The fraction of sp³-hybridized carbons (Fsp3) is 0.655. The van der Waals surface area contributed by atoms with Gasteiger partial charge in [-0.15, -0.1) is 5.10 Å². The van der Waals surface area contributed by atoms with E-state index >= 15 is 0 Å². The molecule has 1 aromatic heterocycles. The Hall–Kier alpha value is -3.19. The standard InChI is InChI=1S/C29H40N8O4S/c1-27(2)19-8-10-29(27,22(15-19)37-23(38)21(32-26(37)39)16-31-25-33-24(30)34-35-25)17-42(40,41)36-13-11-28(12-14-36)9-7-18-5-3-4-6-20(18)28/h3-6,19,21-22H,7-17H2,1-2H3,(H,32,39)(H4,30,31,33,34,35)/t19-,21?,22+,29-/m1/s1. The van der Waals surface area contributed by atoms with Gasteiger partial charge in [-0.1, -0.05) is 38.1 Å². The molecule has 2 aromatic rings. The number of sulfonamides is 1. The number of amides is 3. The number of carbonyl (C=O) groups is 2. The Balaban J connectivity index is 1.10. The van der Waals surface area contributed by atoms with Crippen molar-refractivity contribution in [3.05, 3.63) is 35.4 Å². The van der Waals surface area contributed by atoms with Crippen molar-refractivity contribution < 1.29 is 18.0 Å². The van der Waals surface area contributed by atoms with Crippen molar-refractivity contribution in [2.24, 2.45) is 16.7 Å². The van der Waals surface area contributed by atoms with Gasteiger partial charge >= 0.3 is 6.03 Å². The highest BCUT2D eigenvalue weighted by Crippen LogP contribution is 2.67. The molecular formula is C29H40N8O4S. The first-order valence-electron chi connectivity index (χ1n) is 15.1. The maximum Gasteiger partial charge on any atom is 0.325 e. The molecule has 4 fully saturated rings. The van der Waals surface area contributed by atoms with Gasteiger partial charge in [-0.05, 0) is 72.8 Å². The summed E-state index contributed by atoms with van der Waals surface area (Å²) in [4.78, 5) is 32.2. The van der Waals surface area contributed by atoms with Gasteiger partial charge in [0, 0.05) is 31.1 Å². The molecule has 2 aliphatic heterocycles. The Kier molecular flexibility index (Phi) is 6.19. The summed E-state index contributed by atoms with van der Waals surface area (Å²) in [6, 6.07) is 6.85. The number of aromatic nitrogens is 3. The van der Waals surface area contributed by atoms with E-state index in [2.05, 4.69) is 63.9 Å². The second-order valence-electron chi connectivity index (χ2n) is 13.6. The number of nitrogens with two attached hydrogens (primary N) is 1. The number of urea groups is 1. The van der Waals surface area contributed by atoms with Gasteiger partial charge in [-0.2, -0.15) is 4.98 Å². The first-order chi connectivity index (χ1) is 20.0. The van der Waals surface area contributed by atoms with Gasteiger partial charge in [0.2, 0.25) is 21.9 Å². The third-order valence-corrected chi connectivity index (χ3v) is 13.7. The predicted octanol–water partition coefficient (Wildman–Crippen LogP) is 2.22. The number of nitrogens with zero attached hydrogens (tertiary/aromatic N) is 4. The highest BCUT2D eigenvalue weighted by atomic mass is 32.2. The topological polar surface area (TPSA) is 166 Å². The Morgan fingerprint density at radius 2 is 1.88 bits per heavy atom. The molecule has 3 aliphatic carbocycles. The average molecular weight is 597 g/mol. The van der Waals surface area contributed by atoms with Gasteiger partial charge in [0.15, 0.2) is 0 Å². The molecule has 13 heteroatoms. The van der Waals surface area contributed by atoms with E-state index in [0.29, 0.717) is 25.9 Å². The van der Waals surface area contributed by atoms with Crippen LogP contribution in [-0.2, 0) is 26.7 Å². The number of rotatable bonds is 7. The van der Waals surface area contributed by atoms with E-state index in [0.717, 1.165) is 32.1 Å². The Morgan fingerprint density at radius 3 is 2.60 bits per heavy atom. The summed E-state index contributed by atoms with van der Waals surface area (Å²) in [6.45, 7) is 5.37. The number of H-pyrrole nitrogens is 1. The highest BCUT2D eigenvalue weighted by Gasteiger charge is 2.69. The van der Waals surface area contributed by atoms with Crippen LogP contribution in [0.5, 0.6) is 0 Å². The monoisotopic (exact) mass is 596 g/mol. The summed E-state index contributed by atoms with van der Waals surface area (Å²) < 4.78 is 30.1. The van der Waals surface area contributed by atoms with Crippen molar-refractivity contribution >= 4 is 33.9 Å². The van der Waals surface area contributed by atoms with Gasteiger partial charge in [0.1, 0.15) is 6.04 Å². The minimum absolute atomic E-state index is 0.0474. The highest BCUT2D eigenvalue weighted by molar-refractivity contribution is 7.89. The lowest BCUT2D eigenvalue weighted by molar-refractivity contribution is -0.131. The molecule has 1 spiro atoms. The third-order valence-electron chi connectivity index (χ3n) is 11.7. The zero-order valence-electron chi connectivity index (χ0n) is 24.2. The number of hydrogen-bond acceptors (Lipinski definition) is 8. The van der Waals surface area contributed by atoms with Gasteiger partial charge < -0.3 is 16.4 Å². The summed E-state index contributed by atoms with van der Waals surface area (Å²) in [5.74, 6) is 0.229. The van der Waals surface area contributed by atoms with Crippen LogP contribution >= 0.6 is 0 Å². The molecule has 2 saturated carbocycles. The SMILES string of the molecule is CC1(C)[C@@H]2CC[C@@]1(CS(=O)(=O)N1CCC3(CCc4ccccc43)CC1)[C@@H](N1C(=O)NC(CNc3n[nH]c(N)n3)C1=O)C2. The van der Waals surface area contributed by atoms with Crippen LogP contribution in [0.15, 0.2) is 24.3 Å². The zero-order valence-corrected chi connectivity index (χ0v) is 25.0. The molecule has 2 saturated heterocycles. The van der Waals surface area contributed by atoms with Crippen LogP contribution < -0.4 is 16.4 Å². The Morgan fingerprint density at radius 1 is 1.12 bits per heavy atom. The largest absolute Gasteiger partial charge is 0.368 e. The lowest BCUT2D eigenvalue weighted by atomic mass is 9.68. The number of benzene rings is 1. The number of nitrogen functional groups attached to an aromatic ring is 1. The first kappa shape index (κ1) is 27.6. The molecule has 3 amide bonds. The van der Waals surface area contributed by atoms with Crippen LogP contribution in [0.2, 0.25) is 0 Å². The van der Waals surface area contributed by atoms with Crippen molar-refractivity contribution in [3.8, 4) is 0 Å². The molecule has 4 atom stereocenters. The molecule has 2 bridgehead atoms. The Labute approximate surface area is 246 Å². The third kappa shape index (κ3) is 3.99. The molecule has 5 N–H and O–H groups in total. The predicted molar refractivity (Wildman–Crippen MR) is 157 cm³/mol. The minimum Gasteiger partial charge on any atom is -0.368 e. The number of aryl methyl sites for hydroxylation is 1. The summed E-state index contributed by atoms with van der Waals surface area (Å²) >= 11 is 0. The lowest BCUT2D eigenvalue weighted by Crippen LogP contribution is -2.56. The number of aromatic amines is 1. The summed E-state index contributed by atoms with van der Waals surface area (Å²) in [7, 11) is -3.64. The molecule has 0 radical (unpaired) electrons. The smallest absolute Gasteiger partial charge is 0.325 e. The second-order valence-corrected chi connectivity index (χ2v) is 15.6. The van der Waals surface area contributed by atoms with Crippen LogP contribution in [0.25, 0.3) is 0 Å². The molecule has 7 rings (SSSR count). The van der Waals surface area contributed by atoms with Crippen molar-refractivity contribution in [3.63, 3.8) is 0 Å². The number of piperidine rings is 1. The van der Waals surface area contributed by atoms with E-state index in [1.165, 1.54) is 16.0 Å². The average Bonchev–Trinajstić information content (AvgIpc) is 3.71. The fourth-order valence-corrected chi connectivity index (χ4v) is 11.4. The van der Waals surface area contributed by atoms with Crippen molar-refractivity contribution in [1.82, 2.24) is 29.7 Å². The van der Waals surface area contributed by atoms with Gasteiger partial charge in [0.05, 0.1) is 5.75 Å². The summed E-state index contributed by atoms with van der Waals surface area (Å²) in [5.41, 5.74) is 7.39. The molecule has 42 heavy (non-hydrogen) atoms. The molecule has 3 heterocycles. The fourth-order valence-electron chi connectivity index (χ4n) is 9.15. The minimum atomic E-state index is -3.64. The van der Waals surface area contributed by atoms with Crippen molar-refractivity contribution in [1.29, 1.82) is 0 Å². The van der Waals surface area contributed by atoms with Crippen LogP contribution in [0, 0.1) is 16.7 Å². The number of imide groups is 1. The van der Waals surface area contributed by atoms with Crippen molar-refractivity contribution in [2.75, 3.05) is 36.4 Å². The molecule has 1 unspecified atom stereocenters. The number of nitrogens with one attached hydrogen (secondary N) is 3. The number of hydrogen-bond donors (Lipinski definition) is 4. The van der Waals surface area contributed by atoms with E-state index in [4.69, 9.17) is 5.73 Å². The van der Waals surface area contributed by atoms with E-state index in [1.54, 1.807) is 4.31 Å². The van der Waals surface area contributed by atoms with Crippen LogP contribution in [0.4, 0.5) is 16.7 Å². The molecule has 1 aromatic carbocycles. The van der Waals surface area contributed by atoms with Gasteiger partial charge in [-0.3, -0.25) is 9.69 Å². The van der Waals surface area contributed by atoms with E-state index in [-0.39, 0.29) is 46.8 Å². The van der Waals surface area contributed by atoms with Crippen LogP contribution in [0.1, 0.15) is 63.5 Å². The van der Waals surface area contributed by atoms with E-state index in [1.807, 2.05) is 0 Å². The number of fused-ring (bicyclic) bond motifs is 4. The molecular weight excluding hydrogens is 556 g/mol. The lowest BCUT2D eigenvalue weighted by Gasteiger charge is -2.46. The molecule has 12 nitrogen and oxygen atoms in total. The van der Waals surface area contributed by atoms with Gasteiger partial charge in [-0.25, -0.2) is 22.6 Å². The number of carbonyl (C=O) groups excluding carboxylic acids is 2. The summed E-state index contributed by atoms with van der Waals surface area (Å²) in [5, 5.41) is 12.2. The first-order valence-corrected chi connectivity index (χ1v) is 16.7. The zero-order chi connectivity index (χ0) is 29.5. The Bertz CT molecular complexity index is 1530. The maximum absolute atomic E-state index is 14.2. The van der Waals surface area contributed by atoms with E-state index < -0.39 is 33.6 Å². The second kappa shape index (κ2) is 9.40. The van der Waals surface area contributed by atoms with E-state index in [9.17, 15) is 18.0 Å². The van der Waals surface area contributed by atoms with Crippen molar-refractivity contribution in [2.45, 2.75) is 76.3 Å². The summed E-state index contributed by atoms with van der Waals surface area (Å²) in [6.07, 6.45) is 5.98. The van der Waals surface area contributed by atoms with Crippen LogP contribution in [-0.4, -0.2) is 82.2 Å². The molecule has 5 aliphatic rings. The number of anilines is 2. The van der Waals surface area contributed by atoms with Gasteiger partial charge in [0.25, 0.3) is 5.91 Å². The molecule has 226 valence electrons. The normalized spacial score (nSPS) is 31.6.